The summed E-state index contributed by atoms with van der Waals surface area (Å²) in [5, 5.41) is 8.63. The Balaban J connectivity index is 3.89. The first-order chi connectivity index (χ1) is 7.43. The van der Waals surface area contributed by atoms with E-state index in [0.29, 0.717) is 12.0 Å². The van der Waals surface area contributed by atoms with Crippen molar-refractivity contribution in [2.24, 2.45) is 0 Å². The van der Waals surface area contributed by atoms with Crippen LogP contribution in [0.3, 0.4) is 0 Å². The van der Waals surface area contributed by atoms with Crippen molar-refractivity contribution in [2.45, 2.75) is 46.5 Å². The number of carbonyl (C=O) groups excluding carboxylic acids is 1. The summed E-state index contributed by atoms with van der Waals surface area (Å²) in [6.45, 7) is 5.18. The van der Waals surface area contributed by atoms with Crippen molar-refractivity contribution in [1.29, 1.82) is 0 Å². The Labute approximate surface area is 96.9 Å². The summed E-state index contributed by atoms with van der Waals surface area (Å²) >= 11 is 0. The van der Waals surface area contributed by atoms with Crippen molar-refractivity contribution in [2.75, 3.05) is 0 Å². The molecule has 0 saturated heterocycles. The Bertz CT molecular complexity index is 311. The number of Topliss-reactive ketones (excluding diaryl/α,β-unsaturated/α-hetero) is 1. The van der Waals surface area contributed by atoms with E-state index in [1.165, 1.54) is 5.57 Å². The number of allylic oxidation sites excluding steroid dienone is 3. The number of ketones is 1. The monoisotopic (exact) mass is 224 g/mol. The predicted octanol–water partition coefficient (Wildman–Crippen LogP) is 3.11. The van der Waals surface area contributed by atoms with Gasteiger partial charge in [0, 0.05) is 12.0 Å². The zero-order chi connectivity index (χ0) is 12.6. The third-order valence-corrected chi connectivity index (χ3v) is 2.32. The molecule has 0 fully saturated rings. The van der Waals surface area contributed by atoms with Crippen molar-refractivity contribution < 1.29 is 14.7 Å². The minimum atomic E-state index is -0.863. The molecule has 0 aliphatic rings. The molecule has 0 bridgehead atoms. The summed E-state index contributed by atoms with van der Waals surface area (Å²) in [6.07, 6.45) is 6.73. The van der Waals surface area contributed by atoms with E-state index in [0.717, 1.165) is 19.3 Å². The van der Waals surface area contributed by atoms with Crippen molar-refractivity contribution in [1.82, 2.24) is 0 Å². The van der Waals surface area contributed by atoms with Gasteiger partial charge < -0.3 is 9.90 Å². The van der Waals surface area contributed by atoms with Gasteiger partial charge in [-0.2, -0.15) is 0 Å². The standard InChI is InChI=1S/C13H20O3/c1-10(7-5-9-12(3)14)6-4-8-11(2)13(15)16/h7-8H,4-6,9H2,1-3H3,(H,15,16). The molecule has 0 amide bonds. The van der Waals surface area contributed by atoms with Crippen LogP contribution in [0.2, 0.25) is 0 Å². The van der Waals surface area contributed by atoms with Gasteiger partial charge in [0.25, 0.3) is 0 Å². The molecule has 0 aliphatic carbocycles. The molecule has 0 heterocycles. The minimum absolute atomic E-state index is 0.200. The molecule has 90 valence electrons. The number of carbonyl (C=O) groups is 2. The molecule has 0 saturated carbocycles. The Kier molecular flexibility index (Phi) is 7.18. The molecule has 3 nitrogen and oxygen atoms in total. The molecule has 3 heteroatoms. The molecule has 0 aromatic carbocycles. The number of hydrogen-bond donors (Lipinski definition) is 1. The van der Waals surface area contributed by atoms with Gasteiger partial charge in [-0.05, 0) is 40.0 Å². The third-order valence-electron chi connectivity index (χ3n) is 2.32. The molecule has 0 unspecified atom stereocenters. The van der Waals surface area contributed by atoms with Crippen LogP contribution in [-0.4, -0.2) is 16.9 Å². The first kappa shape index (κ1) is 14.6. The zero-order valence-corrected chi connectivity index (χ0v) is 10.2. The highest BCUT2D eigenvalue weighted by Gasteiger charge is 1.98. The van der Waals surface area contributed by atoms with Crippen molar-refractivity contribution in [3.63, 3.8) is 0 Å². The summed E-state index contributed by atoms with van der Waals surface area (Å²) in [4.78, 5) is 21.2. The second-order valence-electron chi connectivity index (χ2n) is 4.02. The number of rotatable bonds is 7. The molecule has 0 aromatic rings. The van der Waals surface area contributed by atoms with Gasteiger partial charge in [0.15, 0.2) is 0 Å². The molecule has 0 aliphatic heterocycles. The van der Waals surface area contributed by atoms with Gasteiger partial charge in [0.2, 0.25) is 0 Å². The first-order valence-corrected chi connectivity index (χ1v) is 5.48. The van der Waals surface area contributed by atoms with E-state index >= 15 is 0 Å². The van der Waals surface area contributed by atoms with Crippen LogP contribution in [0.4, 0.5) is 0 Å². The Morgan fingerprint density at radius 3 is 2.06 bits per heavy atom. The second-order valence-corrected chi connectivity index (χ2v) is 4.02. The molecular weight excluding hydrogens is 204 g/mol. The lowest BCUT2D eigenvalue weighted by atomic mass is 10.1. The van der Waals surface area contributed by atoms with Crippen LogP contribution in [0.1, 0.15) is 46.5 Å². The minimum Gasteiger partial charge on any atom is -0.478 e. The first-order valence-electron chi connectivity index (χ1n) is 5.48. The van der Waals surface area contributed by atoms with Gasteiger partial charge in [-0.25, -0.2) is 4.79 Å². The summed E-state index contributed by atoms with van der Waals surface area (Å²) in [6, 6.07) is 0. The van der Waals surface area contributed by atoms with Crippen LogP contribution in [0.15, 0.2) is 23.3 Å². The van der Waals surface area contributed by atoms with Crippen LogP contribution < -0.4 is 0 Å². The number of hydrogen-bond acceptors (Lipinski definition) is 2. The number of aliphatic carboxylic acids is 1. The van der Waals surface area contributed by atoms with E-state index in [4.69, 9.17) is 5.11 Å². The Hall–Kier alpha value is -1.38. The fourth-order valence-electron chi connectivity index (χ4n) is 1.23. The molecule has 0 rings (SSSR count). The highest BCUT2D eigenvalue weighted by Crippen LogP contribution is 2.08. The van der Waals surface area contributed by atoms with Gasteiger partial charge in [0.05, 0.1) is 0 Å². The SMILES string of the molecule is CC(=O)CCC=C(C)CCC=C(C)C(=O)O. The van der Waals surface area contributed by atoms with Crippen LogP contribution in [0.5, 0.6) is 0 Å². The van der Waals surface area contributed by atoms with Crippen LogP contribution in [-0.2, 0) is 9.59 Å². The van der Waals surface area contributed by atoms with Crippen LogP contribution >= 0.6 is 0 Å². The lowest BCUT2D eigenvalue weighted by Crippen LogP contribution is -1.95. The fraction of sp³-hybridized carbons (Fsp3) is 0.538. The van der Waals surface area contributed by atoms with Crippen LogP contribution in [0, 0.1) is 0 Å². The van der Waals surface area contributed by atoms with Gasteiger partial charge in [-0.15, -0.1) is 0 Å². The van der Waals surface area contributed by atoms with Crippen LogP contribution in [0.25, 0.3) is 0 Å². The molecule has 0 atom stereocenters. The molecule has 0 radical (unpaired) electrons. The van der Waals surface area contributed by atoms with E-state index in [1.807, 2.05) is 13.0 Å². The van der Waals surface area contributed by atoms with E-state index < -0.39 is 5.97 Å². The van der Waals surface area contributed by atoms with E-state index in [1.54, 1.807) is 19.9 Å². The fourth-order valence-corrected chi connectivity index (χ4v) is 1.23. The Morgan fingerprint density at radius 1 is 1.00 bits per heavy atom. The number of carboxylic acids is 1. The van der Waals surface area contributed by atoms with Gasteiger partial charge >= 0.3 is 5.97 Å². The molecule has 0 aromatic heterocycles. The largest absolute Gasteiger partial charge is 0.478 e. The molecule has 16 heavy (non-hydrogen) atoms. The summed E-state index contributed by atoms with van der Waals surface area (Å²) in [5.74, 6) is -0.663. The average Bonchev–Trinajstić information content (AvgIpc) is 2.16. The zero-order valence-electron chi connectivity index (χ0n) is 10.2. The maximum atomic E-state index is 10.7. The number of carboxylic acid groups (broad SMARTS) is 1. The van der Waals surface area contributed by atoms with Gasteiger partial charge in [-0.1, -0.05) is 17.7 Å². The quantitative estimate of drug-likeness (QED) is 0.534. The summed E-state index contributed by atoms with van der Waals surface area (Å²) in [7, 11) is 0. The van der Waals surface area contributed by atoms with Gasteiger partial charge in [-0.3, -0.25) is 0 Å². The van der Waals surface area contributed by atoms with Crippen molar-refractivity contribution >= 4 is 11.8 Å². The lowest BCUT2D eigenvalue weighted by Gasteiger charge is -1.99. The van der Waals surface area contributed by atoms with Crippen molar-refractivity contribution in [3.05, 3.63) is 23.3 Å². The van der Waals surface area contributed by atoms with E-state index in [-0.39, 0.29) is 5.78 Å². The normalized spacial score (nSPS) is 12.7. The molecule has 1 N–H and O–H groups in total. The van der Waals surface area contributed by atoms with E-state index in [2.05, 4.69) is 0 Å². The van der Waals surface area contributed by atoms with E-state index in [9.17, 15) is 9.59 Å². The third kappa shape index (κ3) is 7.97. The average molecular weight is 224 g/mol. The molecule has 0 spiro atoms. The highest BCUT2D eigenvalue weighted by atomic mass is 16.4. The predicted molar refractivity (Wildman–Crippen MR) is 64.3 cm³/mol. The summed E-state index contributed by atoms with van der Waals surface area (Å²) in [5.41, 5.74) is 1.59. The van der Waals surface area contributed by atoms with Gasteiger partial charge in [0.1, 0.15) is 5.78 Å². The highest BCUT2D eigenvalue weighted by molar-refractivity contribution is 5.85. The maximum absolute atomic E-state index is 10.7. The second kappa shape index (κ2) is 7.85. The Morgan fingerprint density at radius 2 is 1.56 bits per heavy atom. The smallest absolute Gasteiger partial charge is 0.330 e. The lowest BCUT2D eigenvalue weighted by molar-refractivity contribution is -0.132. The maximum Gasteiger partial charge on any atom is 0.330 e. The summed E-state index contributed by atoms with van der Waals surface area (Å²) < 4.78 is 0. The molecular formula is C13H20O3. The van der Waals surface area contributed by atoms with Crippen molar-refractivity contribution in [3.8, 4) is 0 Å². The topological polar surface area (TPSA) is 54.4 Å².